The van der Waals surface area contributed by atoms with Crippen LogP contribution in [0.1, 0.15) is 19.3 Å². The summed E-state index contributed by atoms with van der Waals surface area (Å²) in [6, 6.07) is 2.74. The standard InChI is InChI=1S/C18H24F2N2O4S/c19-14-9-15(20)11-17(10-14)27(23,24)22-3-1-18(2-4-22)12-16(13-26-18)21-5-7-25-8-6-21/h9-11,16H,1-8,12-13H2/t16-/m1/s1. The fourth-order valence-electron chi connectivity index (χ4n) is 4.31. The molecule has 150 valence electrons. The van der Waals surface area contributed by atoms with Crippen LogP contribution < -0.4 is 0 Å². The van der Waals surface area contributed by atoms with E-state index in [9.17, 15) is 17.2 Å². The summed E-state index contributed by atoms with van der Waals surface area (Å²) in [5.41, 5.74) is -0.303. The van der Waals surface area contributed by atoms with Crippen LogP contribution in [0, 0.1) is 11.6 Å². The topological polar surface area (TPSA) is 59.1 Å². The third-order valence-corrected chi connectivity index (χ3v) is 7.74. The molecular weight excluding hydrogens is 378 g/mol. The van der Waals surface area contributed by atoms with Crippen molar-refractivity contribution < 1.29 is 26.7 Å². The van der Waals surface area contributed by atoms with Crippen LogP contribution in [0.5, 0.6) is 0 Å². The van der Waals surface area contributed by atoms with Crippen LogP contribution in [0.25, 0.3) is 0 Å². The molecule has 3 aliphatic rings. The molecule has 0 bridgehead atoms. The van der Waals surface area contributed by atoms with E-state index < -0.39 is 21.7 Å². The Labute approximate surface area is 158 Å². The van der Waals surface area contributed by atoms with Gasteiger partial charge in [0.2, 0.25) is 10.0 Å². The fourth-order valence-corrected chi connectivity index (χ4v) is 5.79. The molecule has 0 aliphatic carbocycles. The van der Waals surface area contributed by atoms with Crippen molar-refractivity contribution in [1.29, 1.82) is 0 Å². The highest BCUT2D eigenvalue weighted by Gasteiger charge is 2.46. The molecule has 0 saturated carbocycles. The smallest absolute Gasteiger partial charge is 0.243 e. The third-order valence-electron chi connectivity index (χ3n) is 5.86. The van der Waals surface area contributed by atoms with E-state index in [2.05, 4.69) is 4.90 Å². The number of nitrogens with zero attached hydrogens (tertiary/aromatic N) is 2. The predicted octanol–water partition coefficient (Wildman–Crippen LogP) is 1.61. The molecule has 1 aromatic rings. The van der Waals surface area contributed by atoms with Crippen molar-refractivity contribution in [3.63, 3.8) is 0 Å². The molecule has 0 N–H and O–H groups in total. The Balaban J connectivity index is 1.41. The number of benzene rings is 1. The fraction of sp³-hybridized carbons (Fsp3) is 0.667. The van der Waals surface area contributed by atoms with Gasteiger partial charge in [0.1, 0.15) is 11.6 Å². The molecule has 1 spiro atoms. The lowest BCUT2D eigenvalue weighted by Crippen LogP contribution is -2.48. The number of halogens is 2. The van der Waals surface area contributed by atoms with Crippen molar-refractivity contribution >= 4 is 10.0 Å². The number of hydrogen-bond donors (Lipinski definition) is 0. The van der Waals surface area contributed by atoms with Crippen molar-refractivity contribution in [3.8, 4) is 0 Å². The van der Waals surface area contributed by atoms with E-state index in [-0.39, 0.29) is 23.6 Å². The van der Waals surface area contributed by atoms with E-state index in [1.54, 1.807) is 0 Å². The zero-order chi connectivity index (χ0) is 19.1. The molecule has 3 heterocycles. The SMILES string of the molecule is O=S(=O)(c1cc(F)cc(F)c1)N1CCC2(CC1)C[C@@H](N1CCOCC1)CO2. The number of piperidine rings is 1. The molecular formula is C18H24F2N2O4S. The second kappa shape index (κ2) is 7.36. The first-order valence-electron chi connectivity index (χ1n) is 9.30. The average molecular weight is 402 g/mol. The molecule has 0 unspecified atom stereocenters. The van der Waals surface area contributed by atoms with Crippen LogP contribution in [0.3, 0.4) is 0 Å². The van der Waals surface area contributed by atoms with E-state index >= 15 is 0 Å². The normalized spacial score (nSPS) is 27.3. The van der Waals surface area contributed by atoms with Crippen LogP contribution >= 0.6 is 0 Å². The molecule has 0 amide bonds. The Kier molecular flexibility index (Phi) is 5.24. The van der Waals surface area contributed by atoms with Crippen molar-refractivity contribution in [2.45, 2.75) is 35.8 Å². The van der Waals surface area contributed by atoms with Crippen molar-refractivity contribution in [1.82, 2.24) is 9.21 Å². The van der Waals surface area contributed by atoms with Crippen molar-refractivity contribution in [2.24, 2.45) is 0 Å². The highest BCUT2D eigenvalue weighted by Crippen LogP contribution is 2.39. The third kappa shape index (κ3) is 3.88. The zero-order valence-electron chi connectivity index (χ0n) is 15.1. The molecule has 3 aliphatic heterocycles. The summed E-state index contributed by atoms with van der Waals surface area (Å²) in [7, 11) is -3.92. The molecule has 0 radical (unpaired) electrons. The Bertz CT molecular complexity index is 770. The van der Waals surface area contributed by atoms with Gasteiger partial charge in [-0.3, -0.25) is 4.90 Å². The highest BCUT2D eigenvalue weighted by molar-refractivity contribution is 7.89. The maximum atomic E-state index is 13.4. The summed E-state index contributed by atoms with van der Waals surface area (Å²) in [6.45, 7) is 4.50. The highest BCUT2D eigenvalue weighted by atomic mass is 32.2. The number of rotatable bonds is 3. The lowest BCUT2D eigenvalue weighted by atomic mass is 9.88. The molecule has 3 saturated heterocycles. The van der Waals surface area contributed by atoms with Crippen LogP contribution in [0.15, 0.2) is 23.1 Å². The van der Waals surface area contributed by atoms with Gasteiger partial charge in [-0.05, 0) is 31.4 Å². The van der Waals surface area contributed by atoms with Gasteiger partial charge in [-0.15, -0.1) is 0 Å². The molecule has 0 aromatic heterocycles. The summed E-state index contributed by atoms with van der Waals surface area (Å²) >= 11 is 0. The average Bonchev–Trinajstić information content (AvgIpc) is 3.06. The number of hydrogen-bond acceptors (Lipinski definition) is 5. The summed E-state index contributed by atoms with van der Waals surface area (Å²) in [5, 5.41) is 0. The second-order valence-electron chi connectivity index (χ2n) is 7.51. The molecule has 4 rings (SSSR count). The Morgan fingerprint density at radius 2 is 1.63 bits per heavy atom. The molecule has 3 fully saturated rings. The van der Waals surface area contributed by atoms with E-state index in [1.165, 1.54) is 4.31 Å². The molecule has 9 heteroatoms. The first-order valence-corrected chi connectivity index (χ1v) is 10.7. The maximum absolute atomic E-state index is 13.4. The first-order chi connectivity index (χ1) is 12.9. The van der Waals surface area contributed by atoms with Gasteiger partial charge in [0.25, 0.3) is 0 Å². The molecule has 27 heavy (non-hydrogen) atoms. The van der Waals surface area contributed by atoms with Crippen molar-refractivity contribution in [3.05, 3.63) is 29.8 Å². The Morgan fingerprint density at radius 3 is 2.26 bits per heavy atom. The Hall–Kier alpha value is -1.13. The summed E-state index contributed by atoms with van der Waals surface area (Å²) in [5.74, 6) is -1.79. The monoisotopic (exact) mass is 402 g/mol. The van der Waals surface area contributed by atoms with Crippen LogP contribution in [0.4, 0.5) is 8.78 Å². The lowest BCUT2D eigenvalue weighted by molar-refractivity contribution is -0.0328. The number of sulfonamides is 1. The quantitative estimate of drug-likeness (QED) is 0.769. The Morgan fingerprint density at radius 1 is 1.00 bits per heavy atom. The minimum Gasteiger partial charge on any atom is -0.379 e. The predicted molar refractivity (Wildman–Crippen MR) is 93.8 cm³/mol. The van der Waals surface area contributed by atoms with Gasteiger partial charge in [0, 0.05) is 38.3 Å². The van der Waals surface area contributed by atoms with Crippen molar-refractivity contribution in [2.75, 3.05) is 46.0 Å². The number of ether oxygens (including phenoxy) is 2. The lowest BCUT2D eigenvalue weighted by Gasteiger charge is -2.38. The summed E-state index contributed by atoms with van der Waals surface area (Å²) in [6.07, 6.45) is 2.06. The van der Waals surface area contributed by atoms with Gasteiger partial charge in [-0.25, -0.2) is 17.2 Å². The second-order valence-corrected chi connectivity index (χ2v) is 9.45. The van der Waals surface area contributed by atoms with Gasteiger partial charge < -0.3 is 9.47 Å². The molecule has 6 nitrogen and oxygen atoms in total. The molecule has 1 aromatic carbocycles. The van der Waals surface area contributed by atoms with E-state index in [1.807, 2.05) is 0 Å². The largest absolute Gasteiger partial charge is 0.379 e. The van der Waals surface area contributed by atoms with Gasteiger partial charge in [0.05, 0.1) is 30.3 Å². The van der Waals surface area contributed by atoms with Gasteiger partial charge >= 0.3 is 0 Å². The van der Waals surface area contributed by atoms with Crippen LogP contribution in [-0.4, -0.2) is 75.3 Å². The minimum absolute atomic E-state index is 0.288. The van der Waals surface area contributed by atoms with Gasteiger partial charge in [0.15, 0.2) is 0 Å². The van der Waals surface area contributed by atoms with E-state index in [4.69, 9.17) is 9.47 Å². The first kappa shape index (κ1) is 19.2. The van der Waals surface area contributed by atoms with Crippen LogP contribution in [-0.2, 0) is 19.5 Å². The van der Waals surface area contributed by atoms with Gasteiger partial charge in [-0.2, -0.15) is 4.31 Å². The van der Waals surface area contributed by atoms with Crippen LogP contribution in [0.2, 0.25) is 0 Å². The van der Waals surface area contributed by atoms with E-state index in [0.29, 0.717) is 31.6 Å². The van der Waals surface area contributed by atoms with E-state index in [0.717, 1.165) is 44.9 Å². The van der Waals surface area contributed by atoms with Gasteiger partial charge in [-0.1, -0.05) is 0 Å². The number of morpholine rings is 1. The zero-order valence-corrected chi connectivity index (χ0v) is 15.9. The maximum Gasteiger partial charge on any atom is 0.243 e. The minimum atomic E-state index is -3.92. The summed E-state index contributed by atoms with van der Waals surface area (Å²) in [4.78, 5) is 2.05. The summed E-state index contributed by atoms with van der Waals surface area (Å²) < 4.78 is 65.2. The molecule has 1 atom stereocenters.